The molecule has 0 saturated carbocycles. The minimum Gasteiger partial charge on any atom is -0.445 e. The zero-order valence-corrected chi connectivity index (χ0v) is 15.6. The van der Waals surface area contributed by atoms with E-state index < -0.39 is 17.5 Å². The van der Waals surface area contributed by atoms with Gasteiger partial charge in [0.15, 0.2) is 5.60 Å². The molecule has 0 spiro atoms. The first-order valence-electron chi connectivity index (χ1n) is 8.72. The minimum absolute atomic E-state index is 0.137. The molecule has 1 heterocycles. The molecule has 0 saturated heterocycles. The first-order chi connectivity index (χ1) is 12.8. The van der Waals surface area contributed by atoms with Gasteiger partial charge in [-0.2, -0.15) is 0 Å². The fourth-order valence-electron chi connectivity index (χ4n) is 3.18. The second-order valence-electron chi connectivity index (χ2n) is 7.03. The van der Waals surface area contributed by atoms with E-state index in [9.17, 15) is 14.4 Å². The average Bonchev–Trinajstić information content (AvgIpc) is 2.62. The summed E-state index contributed by atoms with van der Waals surface area (Å²) in [6.45, 7) is 3.40. The number of rotatable bonds is 4. The van der Waals surface area contributed by atoms with Crippen molar-refractivity contribution in [2.24, 2.45) is 0 Å². The Hall–Kier alpha value is -3.15. The SMILES string of the molecule is Cc1ccc(NC(=O)CN(C)C(=O)C2(C)Cc3ccccc3C(=O)O2)cc1. The van der Waals surface area contributed by atoms with Gasteiger partial charge in [0.25, 0.3) is 5.91 Å². The maximum absolute atomic E-state index is 12.9. The quantitative estimate of drug-likeness (QED) is 0.844. The molecule has 1 N–H and O–H groups in total. The van der Waals surface area contributed by atoms with E-state index in [2.05, 4.69) is 5.32 Å². The number of anilines is 1. The number of amides is 2. The standard InChI is InChI=1S/C21H22N2O4/c1-14-8-10-16(11-9-14)22-18(24)13-23(3)20(26)21(2)12-15-6-4-5-7-17(15)19(25)27-21/h4-11H,12-13H2,1-3H3,(H,22,24). The number of aryl methyl sites for hydroxylation is 1. The van der Waals surface area contributed by atoms with Crippen LogP contribution in [0, 0.1) is 6.92 Å². The number of hydrogen-bond acceptors (Lipinski definition) is 4. The lowest BCUT2D eigenvalue weighted by atomic mass is 9.89. The Balaban J connectivity index is 1.67. The van der Waals surface area contributed by atoms with Gasteiger partial charge in [-0.15, -0.1) is 0 Å². The third kappa shape index (κ3) is 4.00. The van der Waals surface area contributed by atoms with Crippen LogP contribution in [0.15, 0.2) is 48.5 Å². The molecule has 0 aromatic heterocycles. The average molecular weight is 366 g/mol. The van der Waals surface area contributed by atoms with Crippen LogP contribution in [0.2, 0.25) is 0 Å². The largest absolute Gasteiger partial charge is 0.445 e. The summed E-state index contributed by atoms with van der Waals surface area (Å²) in [4.78, 5) is 38.7. The molecule has 1 unspecified atom stereocenters. The monoisotopic (exact) mass is 366 g/mol. The third-order valence-corrected chi connectivity index (χ3v) is 4.60. The highest BCUT2D eigenvalue weighted by Crippen LogP contribution is 2.29. The maximum atomic E-state index is 12.9. The van der Waals surface area contributed by atoms with E-state index in [0.29, 0.717) is 11.3 Å². The number of cyclic esters (lactones) is 1. The first-order valence-corrected chi connectivity index (χ1v) is 8.72. The Kier molecular flexibility index (Phi) is 4.99. The van der Waals surface area contributed by atoms with Crippen LogP contribution in [0.4, 0.5) is 5.69 Å². The molecule has 2 aromatic rings. The van der Waals surface area contributed by atoms with Crippen LogP contribution in [0.5, 0.6) is 0 Å². The highest BCUT2D eigenvalue weighted by molar-refractivity contribution is 5.99. The van der Waals surface area contributed by atoms with Crippen LogP contribution in [-0.4, -0.2) is 41.9 Å². The molecule has 1 atom stereocenters. The molecule has 0 fully saturated rings. The van der Waals surface area contributed by atoms with Crippen molar-refractivity contribution in [3.8, 4) is 0 Å². The fraction of sp³-hybridized carbons (Fsp3) is 0.286. The van der Waals surface area contributed by atoms with Crippen molar-refractivity contribution in [2.45, 2.75) is 25.9 Å². The number of likely N-dealkylation sites (N-methyl/N-ethyl adjacent to an activating group) is 1. The Morgan fingerprint density at radius 2 is 1.81 bits per heavy atom. The predicted octanol–water partition coefficient (Wildman–Crippen LogP) is 2.56. The number of ether oxygens (including phenoxy) is 1. The Morgan fingerprint density at radius 3 is 2.52 bits per heavy atom. The minimum atomic E-state index is -1.33. The lowest BCUT2D eigenvalue weighted by Crippen LogP contribution is -2.53. The summed E-state index contributed by atoms with van der Waals surface area (Å²) in [5.74, 6) is -1.25. The van der Waals surface area contributed by atoms with Crippen LogP contribution in [0.25, 0.3) is 0 Å². The van der Waals surface area contributed by atoms with E-state index in [4.69, 9.17) is 4.74 Å². The van der Waals surface area contributed by atoms with Crippen molar-refractivity contribution >= 4 is 23.5 Å². The number of benzene rings is 2. The van der Waals surface area contributed by atoms with Crippen molar-refractivity contribution in [3.63, 3.8) is 0 Å². The van der Waals surface area contributed by atoms with Crippen LogP contribution in [0.3, 0.4) is 0 Å². The van der Waals surface area contributed by atoms with E-state index in [1.165, 1.54) is 11.9 Å². The van der Waals surface area contributed by atoms with E-state index in [-0.39, 0.29) is 18.9 Å². The van der Waals surface area contributed by atoms with Crippen molar-refractivity contribution in [2.75, 3.05) is 18.9 Å². The van der Waals surface area contributed by atoms with E-state index in [0.717, 1.165) is 11.1 Å². The molecule has 6 nitrogen and oxygen atoms in total. The molecular formula is C21H22N2O4. The van der Waals surface area contributed by atoms with Gasteiger partial charge in [-0.25, -0.2) is 4.79 Å². The summed E-state index contributed by atoms with van der Waals surface area (Å²) in [7, 11) is 1.52. The van der Waals surface area contributed by atoms with Crippen LogP contribution in [0.1, 0.15) is 28.4 Å². The van der Waals surface area contributed by atoms with Gasteiger partial charge in [0, 0.05) is 19.2 Å². The number of esters is 1. The second-order valence-corrected chi connectivity index (χ2v) is 7.03. The summed E-state index contributed by atoms with van der Waals surface area (Å²) < 4.78 is 5.43. The van der Waals surface area contributed by atoms with E-state index in [1.54, 1.807) is 31.2 Å². The Labute approximate surface area is 158 Å². The molecule has 1 aliphatic heterocycles. The molecule has 6 heteroatoms. The van der Waals surface area contributed by atoms with Gasteiger partial charge in [-0.3, -0.25) is 9.59 Å². The molecule has 1 aliphatic rings. The van der Waals surface area contributed by atoms with Crippen molar-refractivity contribution in [1.29, 1.82) is 0 Å². The summed E-state index contributed by atoms with van der Waals surface area (Å²) >= 11 is 0. The molecule has 2 amide bonds. The third-order valence-electron chi connectivity index (χ3n) is 4.60. The van der Waals surface area contributed by atoms with Gasteiger partial charge in [-0.05, 0) is 37.6 Å². The summed E-state index contributed by atoms with van der Waals surface area (Å²) in [5.41, 5.74) is 1.66. The number of hydrogen-bond donors (Lipinski definition) is 1. The van der Waals surface area contributed by atoms with Gasteiger partial charge in [0.1, 0.15) is 0 Å². The van der Waals surface area contributed by atoms with Gasteiger partial charge >= 0.3 is 5.97 Å². The lowest BCUT2D eigenvalue weighted by molar-refractivity contribution is -0.151. The number of nitrogens with zero attached hydrogens (tertiary/aromatic N) is 1. The lowest BCUT2D eigenvalue weighted by Gasteiger charge is -2.35. The fourth-order valence-corrected chi connectivity index (χ4v) is 3.18. The number of carbonyl (C=O) groups excluding carboxylic acids is 3. The molecule has 140 valence electrons. The van der Waals surface area contributed by atoms with E-state index in [1.807, 2.05) is 31.2 Å². The Bertz CT molecular complexity index is 891. The molecule has 2 aromatic carbocycles. The number of fused-ring (bicyclic) bond motifs is 1. The summed E-state index contributed by atoms with van der Waals surface area (Å²) in [6, 6.07) is 14.5. The number of carbonyl (C=O) groups is 3. The predicted molar refractivity (Wildman–Crippen MR) is 101 cm³/mol. The van der Waals surface area contributed by atoms with Gasteiger partial charge in [0.05, 0.1) is 12.1 Å². The molecule has 0 aliphatic carbocycles. The van der Waals surface area contributed by atoms with E-state index >= 15 is 0 Å². The number of nitrogens with one attached hydrogen (secondary N) is 1. The summed E-state index contributed by atoms with van der Waals surface area (Å²) in [6.07, 6.45) is 0.275. The van der Waals surface area contributed by atoms with Crippen molar-refractivity contribution < 1.29 is 19.1 Å². The molecular weight excluding hydrogens is 344 g/mol. The first kappa shape index (κ1) is 18.6. The van der Waals surface area contributed by atoms with Crippen LogP contribution < -0.4 is 5.32 Å². The van der Waals surface area contributed by atoms with Crippen LogP contribution in [-0.2, 0) is 20.7 Å². The second kappa shape index (κ2) is 7.23. The van der Waals surface area contributed by atoms with Crippen molar-refractivity contribution in [3.05, 3.63) is 65.2 Å². The maximum Gasteiger partial charge on any atom is 0.339 e. The van der Waals surface area contributed by atoms with Gasteiger partial charge < -0.3 is 15.0 Å². The highest BCUT2D eigenvalue weighted by Gasteiger charge is 2.44. The molecule has 0 bridgehead atoms. The zero-order valence-electron chi connectivity index (χ0n) is 15.6. The normalized spacial score (nSPS) is 18.3. The van der Waals surface area contributed by atoms with Gasteiger partial charge in [-0.1, -0.05) is 35.9 Å². The summed E-state index contributed by atoms with van der Waals surface area (Å²) in [5, 5.41) is 2.75. The van der Waals surface area contributed by atoms with Crippen molar-refractivity contribution in [1.82, 2.24) is 4.90 Å². The molecule has 0 radical (unpaired) electrons. The smallest absolute Gasteiger partial charge is 0.339 e. The zero-order chi connectivity index (χ0) is 19.6. The molecule has 27 heavy (non-hydrogen) atoms. The van der Waals surface area contributed by atoms with Gasteiger partial charge in [0.2, 0.25) is 5.91 Å². The molecule has 3 rings (SSSR count). The Morgan fingerprint density at radius 1 is 1.15 bits per heavy atom. The highest BCUT2D eigenvalue weighted by atomic mass is 16.6. The van der Waals surface area contributed by atoms with Crippen LogP contribution >= 0.6 is 0 Å². The topological polar surface area (TPSA) is 75.7 Å².